The summed E-state index contributed by atoms with van der Waals surface area (Å²) in [6, 6.07) is 11.7. The molecule has 0 radical (unpaired) electrons. The smallest absolute Gasteiger partial charge is 0.246 e. The lowest BCUT2D eigenvalue weighted by molar-refractivity contribution is -0.114. The first-order valence-electron chi connectivity index (χ1n) is 7.55. The number of anilines is 2. The quantitative estimate of drug-likeness (QED) is 0.321. The van der Waals surface area contributed by atoms with Crippen LogP contribution in [0.1, 0.15) is 16.7 Å². The van der Waals surface area contributed by atoms with Crippen molar-refractivity contribution in [2.75, 3.05) is 17.2 Å². The molecule has 2 aromatic rings. The van der Waals surface area contributed by atoms with Gasteiger partial charge in [-0.25, -0.2) is 4.99 Å². The molecule has 0 atom stereocenters. The van der Waals surface area contributed by atoms with E-state index >= 15 is 0 Å². The van der Waals surface area contributed by atoms with Crippen molar-refractivity contribution in [3.8, 4) is 0 Å². The molecule has 4 N–H and O–H groups in total. The molecule has 5 nitrogen and oxygen atoms in total. The van der Waals surface area contributed by atoms with Gasteiger partial charge in [0.25, 0.3) is 0 Å². The van der Waals surface area contributed by atoms with Crippen molar-refractivity contribution in [2.24, 2.45) is 10.7 Å². The zero-order valence-electron chi connectivity index (χ0n) is 14.4. The van der Waals surface area contributed by atoms with Crippen LogP contribution in [-0.2, 0) is 4.79 Å². The minimum atomic E-state index is -0.221. The molecular formula is C18H22BrIN4O. The van der Waals surface area contributed by atoms with E-state index in [0.29, 0.717) is 0 Å². The van der Waals surface area contributed by atoms with Crippen molar-refractivity contribution in [2.45, 2.75) is 20.8 Å². The lowest BCUT2D eigenvalue weighted by Gasteiger charge is -2.09. The number of carbonyl (C=O) groups excluding carboxylic acids is 1. The number of nitrogens with two attached hydrogens (primary N) is 1. The molecule has 134 valence electrons. The van der Waals surface area contributed by atoms with Gasteiger partial charge in [-0.1, -0.05) is 28.1 Å². The monoisotopic (exact) mass is 516 g/mol. The number of guanidine groups is 1. The fourth-order valence-electron chi connectivity index (χ4n) is 2.31. The van der Waals surface area contributed by atoms with E-state index in [4.69, 9.17) is 5.73 Å². The van der Waals surface area contributed by atoms with Gasteiger partial charge in [-0.15, -0.1) is 24.0 Å². The highest BCUT2D eigenvalue weighted by Crippen LogP contribution is 2.20. The zero-order chi connectivity index (χ0) is 17.7. The van der Waals surface area contributed by atoms with Crippen LogP contribution in [0.2, 0.25) is 0 Å². The molecule has 0 aliphatic carbocycles. The Kier molecular flexibility index (Phi) is 8.37. The van der Waals surface area contributed by atoms with Crippen LogP contribution < -0.4 is 16.4 Å². The zero-order valence-corrected chi connectivity index (χ0v) is 18.3. The van der Waals surface area contributed by atoms with Crippen LogP contribution in [0.5, 0.6) is 0 Å². The van der Waals surface area contributed by atoms with Crippen LogP contribution in [0.25, 0.3) is 0 Å². The van der Waals surface area contributed by atoms with Crippen molar-refractivity contribution in [3.05, 3.63) is 57.6 Å². The number of rotatable bonds is 4. The molecule has 0 heterocycles. The number of nitrogens with zero attached hydrogens (tertiary/aromatic N) is 1. The lowest BCUT2D eigenvalue weighted by Crippen LogP contribution is -2.25. The maximum absolute atomic E-state index is 12.0. The average molecular weight is 517 g/mol. The summed E-state index contributed by atoms with van der Waals surface area (Å²) in [6.07, 6.45) is 0. The van der Waals surface area contributed by atoms with Gasteiger partial charge in [0.1, 0.15) is 6.54 Å². The van der Waals surface area contributed by atoms with Gasteiger partial charge in [0, 0.05) is 15.8 Å². The van der Waals surface area contributed by atoms with Crippen molar-refractivity contribution >= 4 is 63.1 Å². The van der Waals surface area contributed by atoms with E-state index in [-0.39, 0.29) is 42.4 Å². The number of halogens is 2. The normalized spacial score (nSPS) is 10.8. The van der Waals surface area contributed by atoms with E-state index in [1.807, 2.05) is 51.1 Å². The topological polar surface area (TPSA) is 79.5 Å². The first kappa shape index (κ1) is 21.4. The second kappa shape index (κ2) is 9.76. The number of benzene rings is 2. The molecule has 0 saturated heterocycles. The maximum atomic E-state index is 12.0. The summed E-state index contributed by atoms with van der Waals surface area (Å²) < 4.78 is 0.905. The summed E-state index contributed by atoms with van der Waals surface area (Å²) in [5.74, 6) is -0.0116. The first-order valence-corrected chi connectivity index (χ1v) is 8.34. The minimum absolute atomic E-state index is 0. The van der Waals surface area contributed by atoms with Crippen LogP contribution in [-0.4, -0.2) is 18.4 Å². The van der Waals surface area contributed by atoms with Crippen molar-refractivity contribution in [3.63, 3.8) is 0 Å². The van der Waals surface area contributed by atoms with Gasteiger partial charge in [-0.3, -0.25) is 4.79 Å². The van der Waals surface area contributed by atoms with E-state index in [9.17, 15) is 4.79 Å². The molecule has 25 heavy (non-hydrogen) atoms. The van der Waals surface area contributed by atoms with E-state index < -0.39 is 0 Å². The van der Waals surface area contributed by atoms with Crippen LogP contribution in [0, 0.1) is 20.8 Å². The van der Waals surface area contributed by atoms with Crippen molar-refractivity contribution < 1.29 is 4.79 Å². The predicted octanol–water partition coefficient (Wildman–Crippen LogP) is 4.36. The molecule has 0 aliphatic heterocycles. The third kappa shape index (κ3) is 7.03. The summed E-state index contributed by atoms with van der Waals surface area (Å²) in [6.45, 7) is 5.91. The van der Waals surface area contributed by atoms with Gasteiger partial charge in [0.2, 0.25) is 5.91 Å². The molecule has 7 heteroatoms. The molecule has 0 bridgehead atoms. The van der Waals surface area contributed by atoms with Gasteiger partial charge in [-0.2, -0.15) is 0 Å². The third-order valence-corrected chi connectivity index (χ3v) is 3.85. The summed E-state index contributed by atoms with van der Waals surface area (Å²) in [5, 5.41) is 5.83. The highest BCUT2D eigenvalue weighted by atomic mass is 127. The summed E-state index contributed by atoms with van der Waals surface area (Å²) in [5.41, 5.74) is 10.7. The highest BCUT2D eigenvalue weighted by Gasteiger charge is 2.05. The van der Waals surface area contributed by atoms with Crippen molar-refractivity contribution in [1.29, 1.82) is 0 Å². The van der Waals surface area contributed by atoms with E-state index in [2.05, 4.69) is 37.6 Å². The number of amides is 1. The molecule has 0 saturated carbocycles. The number of carbonyl (C=O) groups is 1. The molecule has 0 unspecified atom stereocenters. The maximum Gasteiger partial charge on any atom is 0.246 e. The SMILES string of the molecule is Cc1cc(C)cc(NC(N)=NCC(=O)Nc2cc(Br)ccc2C)c1.I. The molecule has 0 fully saturated rings. The van der Waals surface area contributed by atoms with E-state index in [0.717, 1.165) is 32.5 Å². The largest absolute Gasteiger partial charge is 0.370 e. The van der Waals surface area contributed by atoms with E-state index in [1.54, 1.807) is 0 Å². The molecule has 0 spiro atoms. The Bertz CT molecular complexity index is 772. The molecule has 0 aliphatic rings. The second-order valence-electron chi connectivity index (χ2n) is 5.71. The number of nitrogens with one attached hydrogen (secondary N) is 2. The summed E-state index contributed by atoms with van der Waals surface area (Å²) in [7, 11) is 0. The van der Waals surface area contributed by atoms with Crippen molar-refractivity contribution in [1.82, 2.24) is 0 Å². The Labute approximate surface area is 173 Å². The Hall–Kier alpha value is -1.61. The van der Waals surface area contributed by atoms with Gasteiger partial charge in [-0.05, 0) is 61.7 Å². The van der Waals surface area contributed by atoms with Gasteiger partial charge in [0.05, 0.1) is 0 Å². The van der Waals surface area contributed by atoms with Crippen LogP contribution in [0.15, 0.2) is 45.9 Å². The average Bonchev–Trinajstić information content (AvgIpc) is 2.48. The second-order valence-corrected chi connectivity index (χ2v) is 6.63. The highest BCUT2D eigenvalue weighted by molar-refractivity contribution is 14.0. The summed E-state index contributed by atoms with van der Waals surface area (Å²) >= 11 is 3.39. The minimum Gasteiger partial charge on any atom is -0.370 e. The predicted molar refractivity (Wildman–Crippen MR) is 119 cm³/mol. The van der Waals surface area contributed by atoms with E-state index in [1.165, 1.54) is 0 Å². The fourth-order valence-corrected chi connectivity index (χ4v) is 2.67. The number of hydrogen-bond donors (Lipinski definition) is 3. The van der Waals surface area contributed by atoms with Gasteiger partial charge in [0.15, 0.2) is 5.96 Å². The number of hydrogen-bond acceptors (Lipinski definition) is 2. The molecule has 1 amide bonds. The first-order chi connectivity index (χ1) is 11.3. The molecule has 2 aromatic carbocycles. The Balaban J connectivity index is 0.00000312. The van der Waals surface area contributed by atoms with Gasteiger partial charge >= 0.3 is 0 Å². The number of aryl methyl sites for hydroxylation is 3. The summed E-state index contributed by atoms with van der Waals surface area (Å²) in [4.78, 5) is 16.1. The van der Waals surface area contributed by atoms with Crippen LogP contribution in [0.4, 0.5) is 11.4 Å². The lowest BCUT2D eigenvalue weighted by atomic mass is 10.1. The van der Waals surface area contributed by atoms with Crippen LogP contribution in [0.3, 0.4) is 0 Å². The van der Waals surface area contributed by atoms with Gasteiger partial charge < -0.3 is 16.4 Å². The standard InChI is InChI=1S/C18H21BrN4O.HI/c1-11-6-12(2)8-15(7-11)22-18(20)21-10-17(24)23-16-9-14(19)5-4-13(16)3;/h4-9H,10H2,1-3H3,(H,23,24)(H3,20,21,22);1H. The molecular weight excluding hydrogens is 495 g/mol. The molecule has 2 rings (SSSR count). The Morgan fingerprint density at radius 3 is 2.36 bits per heavy atom. The Morgan fingerprint density at radius 2 is 1.72 bits per heavy atom. The molecule has 0 aromatic heterocycles. The third-order valence-electron chi connectivity index (χ3n) is 3.36. The number of aliphatic imine (C=N–C) groups is 1. The Morgan fingerprint density at radius 1 is 1.08 bits per heavy atom. The fraction of sp³-hybridized carbons (Fsp3) is 0.222. The van der Waals surface area contributed by atoms with Crippen LogP contribution >= 0.6 is 39.9 Å².